The Morgan fingerprint density at radius 1 is 1.43 bits per heavy atom. The van der Waals surface area contributed by atoms with Crippen LogP contribution in [0.3, 0.4) is 0 Å². The van der Waals surface area contributed by atoms with E-state index in [2.05, 4.69) is 5.32 Å². The van der Waals surface area contributed by atoms with Crippen molar-refractivity contribution >= 4 is 22.4 Å². The number of nitrogens with two attached hydrogens (primary N) is 1. The first-order chi connectivity index (χ1) is 10.1. The highest BCUT2D eigenvalue weighted by molar-refractivity contribution is 7.85. The van der Waals surface area contributed by atoms with Gasteiger partial charge < -0.3 is 15.8 Å². The number of nitrogens with one attached hydrogen (secondary N) is 1. The summed E-state index contributed by atoms with van der Waals surface area (Å²) in [5.74, 6) is 0.265. The van der Waals surface area contributed by atoms with Crippen molar-refractivity contribution in [3.05, 3.63) is 29.8 Å². The number of amides is 1. The van der Waals surface area contributed by atoms with Crippen LogP contribution in [0.15, 0.2) is 24.3 Å². The van der Waals surface area contributed by atoms with Gasteiger partial charge in [0.25, 0.3) is 0 Å². The summed E-state index contributed by atoms with van der Waals surface area (Å²) < 4.78 is 17.5. The zero-order valence-corrected chi connectivity index (χ0v) is 13.0. The van der Waals surface area contributed by atoms with Gasteiger partial charge in [-0.25, -0.2) is 0 Å². The minimum absolute atomic E-state index is 0.0256. The Balaban J connectivity index is 1.77. The predicted octanol–water partition coefficient (Wildman–Crippen LogP) is 1.40. The molecule has 1 aliphatic rings. The Labute approximate surface area is 127 Å². The van der Waals surface area contributed by atoms with E-state index < -0.39 is 10.8 Å². The van der Waals surface area contributed by atoms with Crippen LogP contribution in [-0.2, 0) is 26.9 Å². The maximum absolute atomic E-state index is 12.1. The summed E-state index contributed by atoms with van der Waals surface area (Å²) in [7, 11) is -1.01. The van der Waals surface area contributed by atoms with Gasteiger partial charge in [-0.15, -0.1) is 0 Å². The molecule has 6 heteroatoms. The summed E-state index contributed by atoms with van der Waals surface area (Å²) in [5.41, 5.74) is 7.28. The highest BCUT2D eigenvalue weighted by Crippen LogP contribution is 2.19. The van der Waals surface area contributed by atoms with Crippen LogP contribution in [0.4, 0.5) is 5.69 Å². The third kappa shape index (κ3) is 4.62. The summed E-state index contributed by atoms with van der Waals surface area (Å²) in [5, 5.41) is 2.86. The zero-order valence-electron chi connectivity index (χ0n) is 12.2. The van der Waals surface area contributed by atoms with Crippen molar-refractivity contribution < 1.29 is 13.7 Å². The van der Waals surface area contributed by atoms with Crippen LogP contribution in [0.25, 0.3) is 0 Å². The molecule has 0 aromatic heterocycles. The summed E-state index contributed by atoms with van der Waals surface area (Å²) >= 11 is 0. The van der Waals surface area contributed by atoms with Gasteiger partial charge in [0.15, 0.2) is 0 Å². The Morgan fingerprint density at radius 2 is 2.14 bits per heavy atom. The molecule has 1 amide bonds. The third-order valence-electron chi connectivity index (χ3n) is 3.65. The molecule has 1 saturated heterocycles. The molecule has 0 bridgehead atoms. The average Bonchev–Trinajstić information content (AvgIpc) is 2.92. The SMILES string of the molecule is CC1OCCC1S(=O)CCC(=O)Nc1ccc(CN)cc1. The summed E-state index contributed by atoms with van der Waals surface area (Å²) in [6.07, 6.45) is 1.10. The van der Waals surface area contributed by atoms with E-state index in [0.29, 0.717) is 18.9 Å². The summed E-state index contributed by atoms with van der Waals surface area (Å²) in [6, 6.07) is 7.41. The van der Waals surface area contributed by atoms with Crippen molar-refractivity contribution in [1.29, 1.82) is 0 Å². The first kappa shape index (κ1) is 16.1. The number of ether oxygens (including phenoxy) is 1. The molecule has 2 rings (SSSR count). The van der Waals surface area contributed by atoms with E-state index in [-0.39, 0.29) is 23.7 Å². The molecule has 1 aromatic carbocycles. The Kier molecular flexibility index (Phi) is 5.90. The maximum Gasteiger partial charge on any atom is 0.225 e. The summed E-state index contributed by atoms with van der Waals surface area (Å²) in [6.45, 7) is 3.08. The van der Waals surface area contributed by atoms with Crippen molar-refractivity contribution in [3.8, 4) is 0 Å². The molecular formula is C15H22N2O3S. The molecule has 1 aliphatic heterocycles. The molecular weight excluding hydrogens is 288 g/mol. The van der Waals surface area contributed by atoms with Gasteiger partial charge in [-0.3, -0.25) is 9.00 Å². The first-order valence-corrected chi connectivity index (χ1v) is 8.56. The van der Waals surface area contributed by atoms with E-state index in [1.165, 1.54) is 0 Å². The van der Waals surface area contributed by atoms with Gasteiger partial charge in [-0.1, -0.05) is 12.1 Å². The fourth-order valence-electron chi connectivity index (χ4n) is 2.35. The third-order valence-corrected chi connectivity index (χ3v) is 5.55. The monoisotopic (exact) mass is 310 g/mol. The number of rotatable bonds is 6. The quantitative estimate of drug-likeness (QED) is 0.832. The molecule has 3 atom stereocenters. The van der Waals surface area contributed by atoms with Gasteiger partial charge in [-0.05, 0) is 31.0 Å². The lowest BCUT2D eigenvalue weighted by Gasteiger charge is -2.13. The second-order valence-electron chi connectivity index (χ2n) is 5.19. The van der Waals surface area contributed by atoms with Gasteiger partial charge in [0.2, 0.25) is 5.91 Å². The van der Waals surface area contributed by atoms with Crippen LogP contribution in [0.2, 0.25) is 0 Å². The van der Waals surface area contributed by atoms with E-state index in [0.717, 1.165) is 17.7 Å². The van der Waals surface area contributed by atoms with Crippen LogP contribution in [0, 0.1) is 0 Å². The molecule has 21 heavy (non-hydrogen) atoms. The van der Waals surface area contributed by atoms with E-state index in [1.807, 2.05) is 31.2 Å². The minimum atomic E-state index is -1.01. The Bertz CT molecular complexity index is 504. The average molecular weight is 310 g/mol. The van der Waals surface area contributed by atoms with Gasteiger partial charge in [0, 0.05) is 41.8 Å². The fourth-order valence-corrected chi connectivity index (χ4v) is 3.90. The van der Waals surface area contributed by atoms with Gasteiger partial charge in [0.1, 0.15) is 0 Å². The number of benzene rings is 1. The molecule has 1 aromatic rings. The number of anilines is 1. The number of hydrogen-bond acceptors (Lipinski definition) is 4. The molecule has 0 saturated carbocycles. The van der Waals surface area contributed by atoms with Gasteiger partial charge >= 0.3 is 0 Å². The molecule has 3 unspecified atom stereocenters. The van der Waals surface area contributed by atoms with E-state index >= 15 is 0 Å². The smallest absolute Gasteiger partial charge is 0.225 e. The van der Waals surface area contributed by atoms with E-state index in [1.54, 1.807) is 0 Å². The molecule has 5 nitrogen and oxygen atoms in total. The number of carbonyl (C=O) groups is 1. The van der Waals surface area contributed by atoms with Gasteiger partial charge in [0.05, 0.1) is 11.4 Å². The van der Waals surface area contributed by atoms with Crippen LogP contribution in [0.1, 0.15) is 25.3 Å². The summed E-state index contributed by atoms with van der Waals surface area (Å²) in [4.78, 5) is 11.9. The molecule has 1 heterocycles. The van der Waals surface area contributed by atoms with Crippen LogP contribution < -0.4 is 11.1 Å². The van der Waals surface area contributed by atoms with Crippen LogP contribution >= 0.6 is 0 Å². The fraction of sp³-hybridized carbons (Fsp3) is 0.533. The number of carbonyl (C=O) groups excluding carboxylic acids is 1. The topological polar surface area (TPSA) is 81.4 Å². The largest absolute Gasteiger partial charge is 0.377 e. The zero-order chi connectivity index (χ0) is 15.2. The minimum Gasteiger partial charge on any atom is -0.377 e. The molecule has 0 radical (unpaired) electrons. The lowest BCUT2D eigenvalue weighted by atomic mass is 10.2. The van der Waals surface area contributed by atoms with Crippen molar-refractivity contribution in [2.24, 2.45) is 5.73 Å². The lowest BCUT2D eigenvalue weighted by Crippen LogP contribution is -2.26. The Morgan fingerprint density at radius 3 is 2.71 bits per heavy atom. The van der Waals surface area contributed by atoms with Crippen molar-refractivity contribution in [2.45, 2.75) is 37.7 Å². The van der Waals surface area contributed by atoms with E-state index in [9.17, 15) is 9.00 Å². The highest BCUT2D eigenvalue weighted by atomic mass is 32.2. The molecule has 116 valence electrons. The molecule has 3 N–H and O–H groups in total. The normalized spacial score (nSPS) is 23.0. The first-order valence-electron chi connectivity index (χ1n) is 7.18. The van der Waals surface area contributed by atoms with Crippen molar-refractivity contribution in [1.82, 2.24) is 0 Å². The van der Waals surface area contributed by atoms with Crippen LogP contribution in [-0.4, -0.2) is 33.8 Å². The maximum atomic E-state index is 12.1. The van der Waals surface area contributed by atoms with E-state index in [4.69, 9.17) is 10.5 Å². The van der Waals surface area contributed by atoms with Crippen molar-refractivity contribution in [3.63, 3.8) is 0 Å². The second-order valence-corrected chi connectivity index (χ2v) is 6.96. The highest BCUT2D eigenvalue weighted by Gasteiger charge is 2.29. The van der Waals surface area contributed by atoms with Gasteiger partial charge in [-0.2, -0.15) is 0 Å². The Hall–Kier alpha value is -1.24. The standard InChI is InChI=1S/C15H22N2O3S/c1-11-14(6-8-20-11)21(19)9-7-15(18)17-13-4-2-12(10-16)3-5-13/h2-5,11,14H,6-10,16H2,1H3,(H,17,18). The second kappa shape index (κ2) is 7.68. The number of hydrogen-bond donors (Lipinski definition) is 2. The molecule has 1 fully saturated rings. The van der Waals surface area contributed by atoms with Crippen molar-refractivity contribution in [2.75, 3.05) is 17.7 Å². The van der Waals surface area contributed by atoms with Crippen LogP contribution in [0.5, 0.6) is 0 Å². The predicted molar refractivity (Wildman–Crippen MR) is 84.4 cm³/mol. The lowest BCUT2D eigenvalue weighted by molar-refractivity contribution is -0.115. The molecule has 0 spiro atoms. The molecule has 0 aliphatic carbocycles.